The highest BCUT2D eigenvalue weighted by atomic mass is 79.9. The van der Waals surface area contributed by atoms with Crippen LogP contribution in [0.25, 0.3) is 54.1 Å². The van der Waals surface area contributed by atoms with E-state index in [4.69, 9.17) is 0 Å². The van der Waals surface area contributed by atoms with Crippen LogP contribution in [-0.4, -0.2) is 4.98 Å². The van der Waals surface area contributed by atoms with Gasteiger partial charge in [-0.1, -0.05) is 64.5 Å². The Kier molecular flexibility index (Phi) is 2.28. The third-order valence-electron chi connectivity index (χ3n) is 5.21. The number of fused-ring (bicyclic) bond motifs is 4. The van der Waals surface area contributed by atoms with Gasteiger partial charge >= 0.3 is 0 Å². The average molecular weight is 370 g/mol. The molecule has 2 heteroatoms. The molecule has 5 aromatic carbocycles. The standard InChI is InChI=1S/C22H12BrN/c23-18-10-7-12-5-6-13-11-17-14-3-1-2-4-19(14)24-22(17)16-9-8-15(18)20(12)21(13)16/h1-11,24H. The molecule has 0 spiro atoms. The number of hydrogen-bond donors (Lipinski definition) is 1. The number of rotatable bonds is 0. The second-order valence-electron chi connectivity index (χ2n) is 6.44. The maximum atomic E-state index is 3.71. The van der Waals surface area contributed by atoms with Crippen molar-refractivity contribution in [2.24, 2.45) is 0 Å². The van der Waals surface area contributed by atoms with Gasteiger partial charge in [-0.15, -0.1) is 0 Å². The molecule has 6 aromatic rings. The minimum atomic E-state index is 1.15. The summed E-state index contributed by atoms with van der Waals surface area (Å²) in [5, 5.41) is 10.5. The van der Waals surface area contributed by atoms with E-state index in [-0.39, 0.29) is 0 Å². The zero-order valence-corrected chi connectivity index (χ0v) is 14.3. The van der Waals surface area contributed by atoms with Gasteiger partial charge in [-0.05, 0) is 45.1 Å². The normalized spacial score (nSPS) is 12.4. The van der Waals surface area contributed by atoms with Gasteiger partial charge < -0.3 is 4.98 Å². The van der Waals surface area contributed by atoms with Gasteiger partial charge in [0.2, 0.25) is 0 Å². The first kappa shape index (κ1) is 12.8. The van der Waals surface area contributed by atoms with Crippen molar-refractivity contribution in [3.8, 4) is 0 Å². The van der Waals surface area contributed by atoms with Gasteiger partial charge in [-0.25, -0.2) is 0 Å². The molecule has 1 aromatic heterocycles. The van der Waals surface area contributed by atoms with Crippen LogP contribution in [0, 0.1) is 0 Å². The molecule has 0 unspecified atom stereocenters. The van der Waals surface area contributed by atoms with Crippen molar-refractivity contribution in [2.45, 2.75) is 0 Å². The predicted molar refractivity (Wildman–Crippen MR) is 107 cm³/mol. The molecule has 0 radical (unpaired) electrons. The quantitative estimate of drug-likeness (QED) is 0.278. The molecule has 0 aliphatic rings. The lowest BCUT2D eigenvalue weighted by molar-refractivity contribution is 1.57. The SMILES string of the molecule is Brc1ccc2ccc3cc4c5ccccc5[nH]c4c4ccc1c2c34. The number of halogens is 1. The highest BCUT2D eigenvalue weighted by Crippen LogP contribution is 2.41. The third kappa shape index (κ3) is 1.45. The van der Waals surface area contributed by atoms with E-state index in [1.807, 2.05) is 0 Å². The van der Waals surface area contributed by atoms with E-state index in [9.17, 15) is 0 Å². The summed E-state index contributed by atoms with van der Waals surface area (Å²) < 4.78 is 1.15. The summed E-state index contributed by atoms with van der Waals surface area (Å²) in [7, 11) is 0. The molecule has 0 saturated heterocycles. The maximum absolute atomic E-state index is 3.71. The summed E-state index contributed by atoms with van der Waals surface area (Å²) in [6, 6.07) is 24.2. The van der Waals surface area contributed by atoms with Gasteiger partial charge in [0, 0.05) is 26.1 Å². The first-order valence-corrected chi connectivity index (χ1v) is 8.87. The van der Waals surface area contributed by atoms with E-state index in [1.165, 1.54) is 54.1 Å². The Morgan fingerprint density at radius 1 is 0.625 bits per heavy atom. The molecule has 0 aliphatic carbocycles. The van der Waals surface area contributed by atoms with Crippen molar-refractivity contribution >= 4 is 70.1 Å². The fourth-order valence-corrected chi connectivity index (χ4v) is 4.61. The van der Waals surface area contributed by atoms with Crippen LogP contribution in [-0.2, 0) is 0 Å². The molecule has 0 aliphatic heterocycles. The van der Waals surface area contributed by atoms with Crippen LogP contribution >= 0.6 is 15.9 Å². The monoisotopic (exact) mass is 369 g/mol. The van der Waals surface area contributed by atoms with Gasteiger partial charge in [0.25, 0.3) is 0 Å². The van der Waals surface area contributed by atoms with Crippen molar-refractivity contribution in [2.75, 3.05) is 0 Å². The first-order chi connectivity index (χ1) is 11.8. The average Bonchev–Trinajstić information content (AvgIpc) is 2.99. The second kappa shape index (κ2) is 4.28. The van der Waals surface area contributed by atoms with Gasteiger partial charge in [-0.2, -0.15) is 0 Å². The summed E-state index contributed by atoms with van der Waals surface area (Å²) in [6.45, 7) is 0. The van der Waals surface area contributed by atoms with Crippen molar-refractivity contribution in [1.82, 2.24) is 4.98 Å². The van der Waals surface area contributed by atoms with E-state index in [2.05, 4.69) is 87.6 Å². The van der Waals surface area contributed by atoms with E-state index in [0.717, 1.165) is 4.47 Å². The number of hydrogen-bond acceptors (Lipinski definition) is 0. The number of benzene rings is 5. The highest BCUT2D eigenvalue weighted by Gasteiger charge is 2.14. The fourth-order valence-electron chi connectivity index (χ4n) is 4.15. The van der Waals surface area contributed by atoms with Crippen molar-refractivity contribution in [3.63, 3.8) is 0 Å². The first-order valence-electron chi connectivity index (χ1n) is 8.08. The predicted octanol–water partition coefficient (Wildman–Crippen LogP) is 6.98. The second-order valence-corrected chi connectivity index (χ2v) is 7.29. The van der Waals surface area contributed by atoms with Crippen LogP contribution in [0.15, 0.2) is 71.2 Å². The van der Waals surface area contributed by atoms with Crippen molar-refractivity contribution < 1.29 is 0 Å². The summed E-state index contributed by atoms with van der Waals surface area (Å²) in [4.78, 5) is 3.64. The largest absolute Gasteiger partial charge is 0.354 e. The van der Waals surface area contributed by atoms with Crippen molar-refractivity contribution in [3.05, 3.63) is 71.2 Å². The molecule has 0 bridgehead atoms. The zero-order valence-electron chi connectivity index (χ0n) is 12.7. The lowest BCUT2D eigenvalue weighted by Gasteiger charge is -2.12. The molecule has 1 nitrogen and oxygen atoms in total. The topological polar surface area (TPSA) is 15.8 Å². The summed E-state index contributed by atoms with van der Waals surface area (Å²) >= 11 is 3.71. The van der Waals surface area contributed by atoms with Crippen LogP contribution < -0.4 is 0 Å². The number of nitrogens with one attached hydrogen (secondary N) is 1. The van der Waals surface area contributed by atoms with Crippen LogP contribution in [0.3, 0.4) is 0 Å². The van der Waals surface area contributed by atoms with E-state index in [1.54, 1.807) is 0 Å². The van der Waals surface area contributed by atoms with E-state index < -0.39 is 0 Å². The van der Waals surface area contributed by atoms with Crippen LogP contribution in [0.1, 0.15) is 0 Å². The minimum absolute atomic E-state index is 1.15. The molecule has 112 valence electrons. The molecule has 1 N–H and O–H groups in total. The van der Waals surface area contributed by atoms with Crippen LogP contribution in [0.5, 0.6) is 0 Å². The Morgan fingerprint density at radius 3 is 2.33 bits per heavy atom. The number of para-hydroxylation sites is 1. The number of aromatic nitrogens is 1. The highest BCUT2D eigenvalue weighted by molar-refractivity contribution is 9.10. The van der Waals surface area contributed by atoms with Gasteiger partial charge in [0.05, 0.1) is 5.52 Å². The summed E-state index contributed by atoms with van der Waals surface area (Å²) in [5.41, 5.74) is 2.43. The number of aromatic amines is 1. The van der Waals surface area contributed by atoms with Crippen molar-refractivity contribution in [1.29, 1.82) is 0 Å². The van der Waals surface area contributed by atoms with Gasteiger partial charge in [0.1, 0.15) is 0 Å². The van der Waals surface area contributed by atoms with Gasteiger partial charge in [-0.3, -0.25) is 0 Å². The molecule has 1 heterocycles. The maximum Gasteiger partial charge on any atom is 0.0545 e. The molecule has 0 fully saturated rings. The lowest BCUT2D eigenvalue weighted by atomic mass is 9.93. The molecular formula is C22H12BrN. The van der Waals surface area contributed by atoms with E-state index >= 15 is 0 Å². The molecule has 0 saturated carbocycles. The lowest BCUT2D eigenvalue weighted by Crippen LogP contribution is -1.85. The molecule has 0 atom stereocenters. The van der Waals surface area contributed by atoms with Gasteiger partial charge in [0.15, 0.2) is 0 Å². The fraction of sp³-hybridized carbons (Fsp3) is 0. The van der Waals surface area contributed by atoms with Crippen LogP contribution in [0.4, 0.5) is 0 Å². The smallest absolute Gasteiger partial charge is 0.0545 e. The minimum Gasteiger partial charge on any atom is -0.354 e. The Morgan fingerprint density at radius 2 is 1.38 bits per heavy atom. The Balaban J connectivity index is 2.00. The molecule has 24 heavy (non-hydrogen) atoms. The molecule has 6 rings (SSSR count). The molecule has 0 amide bonds. The third-order valence-corrected chi connectivity index (χ3v) is 5.90. The van der Waals surface area contributed by atoms with Crippen LogP contribution in [0.2, 0.25) is 0 Å². The Hall–Kier alpha value is -2.58. The summed E-state index contributed by atoms with van der Waals surface area (Å²) in [5.74, 6) is 0. The Labute approximate surface area is 146 Å². The number of H-pyrrole nitrogens is 1. The van der Waals surface area contributed by atoms with E-state index in [0.29, 0.717) is 0 Å². The molecular weight excluding hydrogens is 358 g/mol. The Bertz CT molecular complexity index is 1410. The summed E-state index contributed by atoms with van der Waals surface area (Å²) in [6.07, 6.45) is 0. The zero-order chi connectivity index (χ0) is 15.8.